The SMILES string of the molecule is C1=CC2=CC(c3cc(N(c4ccc5ccccc5c4)c4ccc5c(c4)c4ccccc4n5-c4ccccc4)cc4ccccc34)=CCC2C=C1. The Morgan fingerprint density at radius 1 is 0.520 bits per heavy atom. The summed E-state index contributed by atoms with van der Waals surface area (Å²) in [5.41, 5.74) is 10.9. The fraction of sp³-hybridized carbons (Fsp3) is 0.0417. The molecule has 8 aromatic rings. The Labute approximate surface area is 291 Å². The molecule has 0 radical (unpaired) electrons. The lowest BCUT2D eigenvalue weighted by Gasteiger charge is -2.28. The van der Waals surface area contributed by atoms with Gasteiger partial charge in [0, 0.05) is 39.4 Å². The summed E-state index contributed by atoms with van der Waals surface area (Å²) in [5, 5.41) is 7.44. The van der Waals surface area contributed by atoms with Crippen LogP contribution in [0.1, 0.15) is 12.0 Å². The van der Waals surface area contributed by atoms with Gasteiger partial charge in [0.25, 0.3) is 0 Å². The highest BCUT2D eigenvalue weighted by Crippen LogP contribution is 2.44. The molecule has 7 aromatic carbocycles. The summed E-state index contributed by atoms with van der Waals surface area (Å²) in [7, 11) is 0. The zero-order valence-electron chi connectivity index (χ0n) is 27.6. The van der Waals surface area contributed by atoms with Crippen molar-refractivity contribution in [3.8, 4) is 5.69 Å². The number of anilines is 3. The average molecular weight is 639 g/mol. The lowest BCUT2D eigenvalue weighted by molar-refractivity contribution is 0.783. The number of fused-ring (bicyclic) bond motifs is 6. The monoisotopic (exact) mass is 638 g/mol. The number of para-hydroxylation sites is 2. The molecular weight excluding hydrogens is 605 g/mol. The second-order valence-electron chi connectivity index (χ2n) is 13.4. The Balaban J connectivity index is 1.22. The van der Waals surface area contributed by atoms with Crippen LogP contribution in [0.15, 0.2) is 194 Å². The van der Waals surface area contributed by atoms with Crippen LogP contribution >= 0.6 is 0 Å². The molecule has 1 atom stereocenters. The van der Waals surface area contributed by atoms with Crippen molar-refractivity contribution in [2.24, 2.45) is 5.92 Å². The Morgan fingerprint density at radius 2 is 1.22 bits per heavy atom. The minimum atomic E-state index is 0.456. The molecule has 10 rings (SSSR count). The van der Waals surface area contributed by atoms with Gasteiger partial charge in [0.2, 0.25) is 0 Å². The minimum absolute atomic E-state index is 0.456. The lowest BCUT2D eigenvalue weighted by atomic mass is 9.83. The molecule has 2 nitrogen and oxygen atoms in total. The highest BCUT2D eigenvalue weighted by Gasteiger charge is 2.21. The molecule has 1 aromatic heterocycles. The van der Waals surface area contributed by atoms with Gasteiger partial charge < -0.3 is 9.47 Å². The molecule has 0 spiro atoms. The van der Waals surface area contributed by atoms with E-state index in [4.69, 9.17) is 0 Å². The number of nitrogens with zero attached hydrogens (tertiary/aromatic N) is 2. The van der Waals surface area contributed by atoms with E-state index < -0.39 is 0 Å². The summed E-state index contributed by atoms with van der Waals surface area (Å²) in [4.78, 5) is 2.44. The van der Waals surface area contributed by atoms with Crippen molar-refractivity contribution in [1.82, 2.24) is 4.57 Å². The molecule has 1 heterocycles. The van der Waals surface area contributed by atoms with E-state index in [0.29, 0.717) is 5.92 Å². The summed E-state index contributed by atoms with van der Waals surface area (Å²) in [6.45, 7) is 0. The molecule has 2 aliphatic carbocycles. The van der Waals surface area contributed by atoms with Crippen molar-refractivity contribution in [3.05, 3.63) is 199 Å². The first-order chi connectivity index (χ1) is 24.8. The van der Waals surface area contributed by atoms with Crippen molar-refractivity contribution >= 4 is 66.0 Å². The van der Waals surface area contributed by atoms with Gasteiger partial charge in [-0.3, -0.25) is 0 Å². The fourth-order valence-corrected chi connectivity index (χ4v) is 8.03. The van der Waals surface area contributed by atoms with E-state index in [-0.39, 0.29) is 0 Å². The molecule has 50 heavy (non-hydrogen) atoms. The maximum atomic E-state index is 2.44. The quantitative estimate of drug-likeness (QED) is 0.182. The van der Waals surface area contributed by atoms with Gasteiger partial charge in [-0.1, -0.05) is 127 Å². The summed E-state index contributed by atoms with van der Waals surface area (Å²) < 4.78 is 2.38. The van der Waals surface area contributed by atoms with Crippen molar-refractivity contribution in [1.29, 1.82) is 0 Å². The normalized spacial score (nSPS) is 15.4. The van der Waals surface area contributed by atoms with Crippen LogP contribution < -0.4 is 4.90 Å². The molecule has 1 unspecified atom stereocenters. The molecule has 0 bridgehead atoms. The first-order valence-corrected chi connectivity index (χ1v) is 17.5. The van der Waals surface area contributed by atoms with Crippen LogP contribution in [-0.2, 0) is 0 Å². The van der Waals surface area contributed by atoms with Gasteiger partial charge in [-0.05, 0) is 105 Å². The largest absolute Gasteiger partial charge is 0.310 e. The van der Waals surface area contributed by atoms with Crippen molar-refractivity contribution < 1.29 is 0 Å². The third-order valence-electron chi connectivity index (χ3n) is 10.4. The number of allylic oxidation sites excluding steroid dienone is 8. The first-order valence-electron chi connectivity index (χ1n) is 17.5. The Morgan fingerprint density at radius 3 is 2.12 bits per heavy atom. The van der Waals surface area contributed by atoms with Gasteiger partial charge in [0.1, 0.15) is 0 Å². The molecular formula is C48H34N2. The van der Waals surface area contributed by atoms with Gasteiger partial charge in [-0.15, -0.1) is 0 Å². The van der Waals surface area contributed by atoms with Crippen LogP contribution in [0, 0.1) is 5.92 Å². The third kappa shape index (κ3) is 4.72. The maximum absolute atomic E-state index is 2.44. The number of benzene rings is 7. The molecule has 0 fully saturated rings. The van der Waals surface area contributed by atoms with Crippen molar-refractivity contribution in [2.45, 2.75) is 6.42 Å². The molecule has 236 valence electrons. The Hall–Kier alpha value is -6.38. The summed E-state index contributed by atoms with van der Waals surface area (Å²) in [5.74, 6) is 0.456. The summed E-state index contributed by atoms with van der Waals surface area (Å²) in [6, 6.07) is 55.5. The highest BCUT2D eigenvalue weighted by atomic mass is 15.1. The molecule has 0 saturated carbocycles. The predicted octanol–water partition coefficient (Wildman–Crippen LogP) is 13.0. The van der Waals surface area contributed by atoms with E-state index in [9.17, 15) is 0 Å². The second-order valence-corrected chi connectivity index (χ2v) is 13.4. The number of hydrogen-bond donors (Lipinski definition) is 0. The molecule has 2 aliphatic rings. The third-order valence-corrected chi connectivity index (χ3v) is 10.4. The van der Waals surface area contributed by atoms with E-state index in [2.05, 4.69) is 198 Å². The van der Waals surface area contributed by atoms with Crippen molar-refractivity contribution in [2.75, 3.05) is 4.90 Å². The van der Waals surface area contributed by atoms with E-state index in [1.807, 2.05) is 0 Å². The van der Waals surface area contributed by atoms with Crippen LogP contribution in [-0.4, -0.2) is 4.57 Å². The van der Waals surface area contributed by atoms with E-state index in [0.717, 1.165) is 29.2 Å². The zero-order valence-corrected chi connectivity index (χ0v) is 27.6. The maximum Gasteiger partial charge on any atom is 0.0542 e. The topological polar surface area (TPSA) is 8.17 Å². The van der Waals surface area contributed by atoms with Gasteiger partial charge in [-0.2, -0.15) is 0 Å². The number of hydrogen-bond acceptors (Lipinski definition) is 1. The van der Waals surface area contributed by atoms with E-state index >= 15 is 0 Å². The second kappa shape index (κ2) is 11.6. The van der Waals surface area contributed by atoms with E-state index in [1.165, 1.54) is 60.1 Å². The predicted molar refractivity (Wildman–Crippen MR) is 213 cm³/mol. The van der Waals surface area contributed by atoms with Gasteiger partial charge in [-0.25, -0.2) is 0 Å². The first kappa shape index (κ1) is 28.6. The van der Waals surface area contributed by atoms with Crippen LogP contribution in [0.3, 0.4) is 0 Å². The van der Waals surface area contributed by atoms with Gasteiger partial charge >= 0.3 is 0 Å². The summed E-state index contributed by atoms with van der Waals surface area (Å²) >= 11 is 0. The highest BCUT2D eigenvalue weighted by molar-refractivity contribution is 6.11. The minimum Gasteiger partial charge on any atom is -0.310 e. The Kier molecular flexibility index (Phi) is 6.67. The molecule has 0 aliphatic heterocycles. The van der Waals surface area contributed by atoms with Gasteiger partial charge in [0.15, 0.2) is 0 Å². The van der Waals surface area contributed by atoms with Crippen LogP contribution in [0.2, 0.25) is 0 Å². The molecule has 0 amide bonds. The Bertz CT molecular complexity index is 2740. The van der Waals surface area contributed by atoms with Crippen molar-refractivity contribution in [3.63, 3.8) is 0 Å². The lowest BCUT2D eigenvalue weighted by Crippen LogP contribution is -2.11. The van der Waals surface area contributed by atoms with Gasteiger partial charge in [0.05, 0.1) is 11.0 Å². The van der Waals surface area contributed by atoms with Crippen LogP contribution in [0.4, 0.5) is 17.1 Å². The smallest absolute Gasteiger partial charge is 0.0542 e. The molecule has 0 saturated heterocycles. The average Bonchev–Trinajstić information content (AvgIpc) is 3.51. The standard InChI is InChI=1S/C48H34N2/c1-2-17-39(18-3-1)50-47-21-11-10-20-44(47)46-31-41(26-27-48(46)50)49(40-25-24-34-13-5-7-15-36(34)29-40)42-30-37-16-8-9-19-43(37)45(32-42)38-23-22-33-12-4-6-14-35(33)28-38/h1-21,23-33H,22H2. The molecule has 2 heteroatoms. The summed E-state index contributed by atoms with van der Waals surface area (Å²) in [6.07, 6.45) is 14.8. The van der Waals surface area contributed by atoms with Crippen LogP contribution in [0.25, 0.3) is 54.6 Å². The zero-order chi connectivity index (χ0) is 33.0. The van der Waals surface area contributed by atoms with E-state index in [1.54, 1.807) is 0 Å². The fourth-order valence-electron chi connectivity index (χ4n) is 8.03. The van der Waals surface area contributed by atoms with Crippen LogP contribution in [0.5, 0.6) is 0 Å². The number of rotatable bonds is 5. The molecule has 0 N–H and O–H groups in total. The number of aromatic nitrogens is 1.